The van der Waals surface area contributed by atoms with E-state index in [1.807, 2.05) is 0 Å². The minimum absolute atomic E-state index is 0.0787. The number of oxazole rings is 1. The molecule has 66 valence electrons. The van der Waals surface area contributed by atoms with Crippen LogP contribution in [0.15, 0.2) is 27.9 Å². The van der Waals surface area contributed by atoms with Crippen LogP contribution in [0.5, 0.6) is 0 Å². The van der Waals surface area contributed by atoms with E-state index >= 15 is 0 Å². The predicted octanol–water partition coefficient (Wildman–Crippen LogP) is -0.0143. The van der Waals surface area contributed by atoms with Gasteiger partial charge in [-0.05, 0) is 0 Å². The van der Waals surface area contributed by atoms with Crippen LogP contribution in [0.1, 0.15) is 10.4 Å². The Balaban J connectivity index is 2.89. The van der Waals surface area contributed by atoms with Gasteiger partial charge in [-0.25, -0.2) is 14.2 Å². The van der Waals surface area contributed by atoms with E-state index in [9.17, 15) is 9.59 Å². The van der Waals surface area contributed by atoms with Crippen molar-refractivity contribution in [2.75, 3.05) is 0 Å². The Hall–Kier alpha value is -2.11. The summed E-state index contributed by atoms with van der Waals surface area (Å²) in [6.45, 7) is 0. The number of nitrogens with zero attached hydrogens (tertiary/aromatic N) is 2. The molecule has 0 saturated heterocycles. The first-order valence-electron chi connectivity index (χ1n) is 3.38. The zero-order chi connectivity index (χ0) is 9.42. The zero-order valence-corrected chi connectivity index (χ0v) is 6.30. The van der Waals surface area contributed by atoms with E-state index in [-0.39, 0.29) is 11.4 Å². The number of aromatic nitrogens is 2. The fourth-order valence-corrected chi connectivity index (χ4v) is 0.971. The Kier molecular flexibility index (Phi) is 1.42. The van der Waals surface area contributed by atoms with Gasteiger partial charge in [0.25, 0.3) is 5.56 Å². The average Bonchev–Trinajstić information content (AvgIpc) is 2.52. The van der Waals surface area contributed by atoms with Gasteiger partial charge in [-0.2, -0.15) is 0 Å². The van der Waals surface area contributed by atoms with Crippen molar-refractivity contribution < 1.29 is 14.3 Å². The van der Waals surface area contributed by atoms with Gasteiger partial charge in [-0.3, -0.25) is 4.79 Å². The molecule has 0 saturated carbocycles. The summed E-state index contributed by atoms with van der Waals surface area (Å²) in [5.41, 5.74) is -1.02. The van der Waals surface area contributed by atoms with Gasteiger partial charge < -0.3 is 9.52 Å². The molecular formula is C7H4N2O4. The van der Waals surface area contributed by atoms with Crippen molar-refractivity contribution in [3.8, 4) is 0 Å². The lowest BCUT2D eigenvalue weighted by Crippen LogP contribution is -2.21. The van der Waals surface area contributed by atoms with Crippen LogP contribution in [0.2, 0.25) is 0 Å². The summed E-state index contributed by atoms with van der Waals surface area (Å²) in [4.78, 5) is 25.5. The van der Waals surface area contributed by atoms with Crippen LogP contribution in [-0.2, 0) is 0 Å². The van der Waals surface area contributed by atoms with Crippen molar-refractivity contribution in [2.45, 2.75) is 0 Å². The molecule has 2 aromatic heterocycles. The number of carbonyl (C=O) groups is 1. The molecule has 0 atom stereocenters. The number of aromatic carboxylic acids is 1. The van der Waals surface area contributed by atoms with E-state index in [0.29, 0.717) is 0 Å². The molecule has 2 rings (SSSR count). The Morgan fingerprint density at radius 3 is 3.08 bits per heavy atom. The van der Waals surface area contributed by atoms with Crippen LogP contribution in [0, 0.1) is 0 Å². The molecule has 0 aromatic carbocycles. The molecule has 0 unspecified atom stereocenters. The first-order valence-corrected chi connectivity index (χ1v) is 3.38. The topological polar surface area (TPSA) is 84.8 Å². The van der Waals surface area contributed by atoms with Gasteiger partial charge in [0.05, 0.1) is 12.4 Å². The monoisotopic (exact) mass is 180 g/mol. The molecule has 6 heteroatoms. The highest BCUT2D eigenvalue weighted by molar-refractivity contribution is 5.86. The molecule has 0 amide bonds. The summed E-state index contributed by atoms with van der Waals surface area (Å²) in [6, 6.07) is 0. The lowest BCUT2D eigenvalue weighted by molar-refractivity contribution is 0.0694. The van der Waals surface area contributed by atoms with Gasteiger partial charge in [-0.15, -0.1) is 0 Å². The van der Waals surface area contributed by atoms with Gasteiger partial charge in [0, 0.05) is 0 Å². The zero-order valence-electron chi connectivity index (χ0n) is 6.30. The second kappa shape index (κ2) is 2.44. The molecule has 0 aliphatic rings. The number of fused-ring (bicyclic) bond motifs is 1. The summed E-state index contributed by atoms with van der Waals surface area (Å²) < 4.78 is 5.82. The molecule has 0 spiro atoms. The lowest BCUT2D eigenvalue weighted by atomic mass is 10.3. The summed E-state index contributed by atoms with van der Waals surface area (Å²) in [7, 11) is 0. The average molecular weight is 180 g/mol. The predicted molar refractivity (Wildman–Crippen MR) is 40.7 cm³/mol. The molecule has 6 nitrogen and oxygen atoms in total. The molecular weight excluding hydrogens is 176 g/mol. The molecule has 0 aliphatic heterocycles. The van der Waals surface area contributed by atoms with Crippen LogP contribution in [0.3, 0.4) is 0 Å². The summed E-state index contributed by atoms with van der Waals surface area (Å²) in [5.74, 6) is -1.22. The standard InChI is InChI=1S/C7H4N2O4/c10-5-4(6(11)12)3-8-7-9(5)1-2-13-7/h1-3H,(H,11,12). The van der Waals surface area contributed by atoms with Gasteiger partial charge in [0.2, 0.25) is 0 Å². The van der Waals surface area contributed by atoms with E-state index < -0.39 is 11.5 Å². The van der Waals surface area contributed by atoms with E-state index in [0.717, 1.165) is 10.6 Å². The lowest BCUT2D eigenvalue weighted by Gasteiger charge is -1.92. The largest absolute Gasteiger partial charge is 0.477 e. The fraction of sp³-hybridized carbons (Fsp3) is 0. The summed E-state index contributed by atoms with van der Waals surface area (Å²) >= 11 is 0. The van der Waals surface area contributed by atoms with Crippen LogP contribution >= 0.6 is 0 Å². The van der Waals surface area contributed by atoms with Gasteiger partial charge in [-0.1, -0.05) is 0 Å². The third-order valence-electron chi connectivity index (χ3n) is 1.57. The quantitative estimate of drug-likeness (QED) is 0.666. The van der Waals surface area contributed by atoms with E-state index in [4.69, 9.17) is 9.52 Å². The molecule has 0 aliphatic carbocycles. The third-order valence-corrected chi connectivity index (χ3v) is 1.57. The normalized spacial score (nSPS) is 10.5. The third kappa shape index (κ3) is 0.994. The van der Waals surface area contributed by atoms with Crippen molar-refractivity contribution in [2.24, 2.45) is 0 Å². The molecule has 13 heavy (non-hydrogen) atoms. The van der Waals surface area contributed by atoms with E-state index in [1.54, 1.807) is 0 Å². The summed E-state index contributed by atoms with van der Waals surface area (Å²) in [6.07, 6.45) is 3.55. The van der Waals surface area contributed by atoms with Crippen LogP contribution < -0.4 is 5.56 Å². The molecule has 0 fully saturated rings. The maximum atomic E-state index is 11.3. The molecule has 2 heterocycles. The molecule has 1 N–H and O–H groups in total. The maximum Gasteiger partial charge on any atom is 0.342 e. The van der Waals surface area contributed by atoms with Crippen molar-refractivity contribution in [3.05, 3.63) is 34.6 Å². The highest BCUT2D eigenvalue weighted by Crippen LogP contribution is 1.97. The maximum absolute atomic E-state index is 11.3. The second-order valence-corrected chi connectivity index (χ2v) is 2.34. The van der Waals surface area contributed by atoms with Crippen LogP contribution in [0.25, 0.3) is 5.84 Å². The Labute approximate surface area is 71.1 Å². The second-order valence-electron chi connectivity index (χ2n) is 2.34. The molecule has 2 aromatic rings. The van der Waals surface area contributed by atoms with Gasteiger partial charge in [0.1, 0.15) is 11.8 Å². The summed E-state index contributed by atoms with van der Waals surface area (Å²) in [5, 5.41) is 8.58. The van der Waals surface area contributed by atoms with Crippen LogP contribution in [-0.4, -0.2) is 20.5 Å². The van der Waals surface area contributed by atoms with Gasteiger partial charge >= 0.3 is 11.8 Å². The minimum atomic E-state index is -1.30. The number of rotatable bonds is 1. The van der Waals surface area contributed by atoms with E-state index in [1.165, 1.54) is 12.5 Å². The SMILES string of the molecule is O=C(O)c1cnc2occn2c1=O. The van der Waals surface area contributed by atoms with Crippen molar-refractivity contribution >= 4 is 11.8 Å². The first-order chi connectivity index (χ1) is 6.20. The van der Waals surface area contributed by atoms with Crippen molar-refractivity contribution in [3.63, 3.8) is 0 Å². The molecule has 0 bridgehead atoms. The Morgan fingerprint density at radius 2 is 2.38 bits per heavy atom. The minimum Gasteiger partial charge on any atom is -0.477 e. The number of carboxylic acids is 1. The van der Waals surface area contributed by atoms with Crippen molar-refractivity contribution in [1.82, 2.24) is 9.38 Å². The molecule has 0 radical (unpaired) electrons. The first kappa shape index (κ1) is 7.53. The smallest absolute Gasteiger partial charge is 0.342 e. The van der Waals surface area contributed by atoms with Crippen molar-refractivity contribution in [1.29, 1.82) is 0 Å². The Bertz CT molecular complexity index is 525. The Morgan fingerprint density at radius 1 is 1.62 bits per heavy atom. The number of hydrogen-bond acceptors (Lipinski definition) is 4. The van der Waals surface area contributed by atoms with E-state index in [2.05, 4.69) is 4.98 Å². The number of carboxylic acid groups (broad SMARTS) is 1. The highest BCUT2D eigenvalue weighted by atomic mass is 16.4. The number of hydrogen-bond donors (Lipinski definition) is 1. The van der Waals surface area contributed by atoms with Gasteiger partial charge in [0.15, 0.2) is 0 Å². The fourth-order valence-electron chi connectivity index (χ4n) is 0.971. The van der Waals surface area contributed by atoms with Crippen LogP contribution in [0.4, 0.5) is 0 Å². The highest BCUT2D eigenvalue weighted by Gasteiger charge is 2.12.